The van der Waals surface area contributed by atoms with Gasteiger partial charge in [0.15, 0.2) is 5.82 Å². The van der Waals surface area contributed by atoms with Gasteiger partial charge in [0.05, 0.1) is 9.92 Å². The van der Waals surface area contributed by atoms with Gasteiger partial charge in [-0.25, -0.2) is 8.42 Å². The number of likely N-dealkylation sites (tertiary alicyclic amines) is 1. The van der Waals surface area contributed by atoms with Gasteiger partial charge in [0.1, 0.15) is 18.1 Å². The van der Waals surface area contributed by atoms with Gasteiger partial charge in [-0.1, -0.05) is 47.1 Å². The Morgan fingerprint density at radius 3 is 2.58 bits per heavy atom. The van der Waals surface area contributed by atoms with Gasteiger partial charge < -0.3 is 14.2 Å². The molecule has 0 amide bonds. The first-order chi connectivity index (χ1) is 15.0. The number of hydrogen-bond donors (Lipinski definition) is 1. The van der Waals surface area contributed by atoms with E-state index in [1.165, 1.54) is 30.0 Å². The van der Waals surface area contributed by atoms with Gasteiger partial charge in [-0.05, 0) is 43.0 Å². The van der Waals surface area contributed by atoms with Crippen LogP contribution in [0.25, 0.3) is 0 Å². The Hall–Kier alpha value is -2.55. The van der Waals surface area contributed by atoms with E-state index in [0.29, 0.717) is 5.75 Å². The van der Waals surface area contributed by atoms with E-state index in [0.717, 1.165) is 38.9 Å². The molecule has 164 valence electrons. The quantitative estimate of drug-likeness (QED) is 0.540. The number of aromatic nitrogens is 1. The van der Waals surface area contributed by atoms with Crippen LogP contribution in [0.5, 0.6) is 5.75 Å². The second kappa shape index (κ2) is 9.72. The zero-order chi connectivity index (χ0) is 21.7. The molecule has 31 heavy (non-hydrogen) atoms. The molecule has 1 fully saturated rings. The summed E-state index contributed by atoms with van der Waals surface area (Å²) in [7, 11) is -3.81. The maximum atomic E-state index is 12.5. The fourth-order valence-corrected chi connectivity index (χ4v) is 4.88. The summed E-state index contributed by atoms with van der Waals surface area (Å²) in [5, 5.41) is 3.81. The average Bonchev–Trinajstić information content (AvgIpc) is 3.27. The van der Waals surface area contributed by atoms with Crippen LogP contribution in [0.2, 0.25) is 5.02 Å². The molecule has 0 aliphatic carbocycles. The molecule has 1 saturated heterocycles. The highest BCUT2D eigenvalue weighted by Crippen LogP contribution is 2.30. The van der Waals surface area contributed by atoms with Crippen molar-refractivity contribution in [2.45, 2.75) is 30.3 Å². The minimum Gasteiger partial charge on any atom is -0.489 e. The second-order valence-electron chi connectivity index (χ2n) is 7.48. The third-order valence-electron chi connectivity index (χ3n) is 5.28. The molecule has 0 saturated carbocycles. The Labute approximate surface area is 187 Å². The van der Waals surface area contributed by atoms with Crippen molar-refractivity contribution in [3.05, 3.63) is 71.4 Å². The minimum atomic E-state index is -3.81. The fraction of sp³-hybridized carbons (Fsp3) is 0.318. The van der Waals surface area contributed by atoms with Crippen molar-refractivity contribution in [3.8, 4) is 5.75 Å². The van der Waals surface area contributed by atoms with Crippen molar-refractivity contribution >= 4 is 27.4 Å². The molecule has 1 aliphatic heterocycles. The predicted molar refractivity (Wildman–Crippen MR) is 119 cm³/mol. The van der Waals surface area contributed by atoms with Crippen molar-refractivity contribution in [2.75, 3.05) is 24.4 Å². The first kappa shape index (κ1) is 21.7. The molecular formula is C22H24ClN3O4S. The molecule has 0 atom stereocenters. The third-order valence-corrected chi connectivity index (χ3v) is 6.93. The SMILES string of the molecule is O=S(=O)(Nc1ccon1)c1ccc(OC2CCN(CCc3ccccc3)CC2)c(Cl)c1. The van der Waals surface area contributed by atoms with Crippen LogP contribution in [0.15, 0.2) is 70.3 Å². The van der Waals surface area contributed by atoms with E-state index in [9.17, 15) is 8.42 Å². The monoisotopic (exact) mass is 461 g/mol. The molecule has 1 aliphatic rings. The molecular weight excluding hydrogens is 438 g/mol. The number of piperidine rings is 1. The van der Waals surface area contributed by atoms with Crippen LogP contribution in [-0.4, -0.2) is 44.2 Å². The molecule has 0 radical (unpaired) electrons. The van der Waals surface area contributed by atoms with Gasteiger partial charge in [-0.3, -0.25) is 4.72 Å². The molecule has 9 heteroatoms. The molecule has 0 unspecified atom stereocenters. The van der Waals surface area contributed by atoms with Gasteiger partial charge in [-0.2, -0.15) is 0 Å². The van der Waals surface area contributed by atoms with Gasteiger partial charge in [0.25, 0.3) is 10.0 Å². The van der Waals surface area contributed by atoms with Crippen molar-refractivity contribution in [2.24, 2.45) is 0 Å². The molecule has 1 N–H and O–H groups in total. The first-order valence-corrected chi connectivity index (χ1v) is 12.0. The first-order valence-electron chi connectivity index (χ1n) is 10.2. The normalized spacial score (nSPS) is 15.6. The van der Waals surface area contributed by atoms with Crippen LogP contribution in [0.3, 0.4) is 0 Å². The van der Waals surface area contributed by atoms with E-state index in [-0.39, 0.29) is 21.8 Å². The molecule has 3 aromatic rings. The van der Waals surface area contributed by atoms with E-state index in [4.69, 9.17) is 16.3 Å². The van der Waals surface area contributed by atoms with Gasteiger partial charge in [0.2, 0.25) is 0 Å². The fourth-order valence-electron chi connectivity index (χ4n) is 3.57. The van der Waals surface area contributed by atoms with Crippen LogP contribution in [-0.2, 0) is 16.4 Å². The number of nitrogens with one attached hydrogen (secondary N) is 1. The van der Waals surface area contributed by atoms with Crippen LogP contribution in [0.1, 0.15) is 18.4 Å². The third kappa shape index (κ3) is 5.78. The van der Waals surface area contributed by atoms with E-state index in [2.05, 4.69) is 43.6 Å². The number of anilines is 1. The largest absolute Gasteiger partial charge is 0.489 e. The summed E-state index contributed by atoms with van der Waals surface area (Å²) >= 11 is 6.32. The Morgan fingerprint density at radius 2 is 1.90 bits per heavy atom. The number of halogens is 1. The van der Waals surface area contributed by atoms with E-state index in [1.54, 1.807) is 6.07 Å². The number of hydrogen-bond acceptors (Lipinski definition) is 6. The summed E-state index contributed by atoms with van der Waals surface area (Å²) in [6.07, 6.45) is 4.18. The van der Waals surface area contributed by atoms with Crippen molar-refractivity contribution in [1.82, 2.24) is 10.1 Å². The summed E-state index contributed by atoms with van der Waals surface area (Å²) in [4.78, 5) is 2.48. The predicted octanol–water partition coefficient (Wildman–Crippen LogP) is 4.21. The smallest absolute Gasteiger partial charge is 0.263 e. The van der Waals surface area contributed by atoms with Crippen LogP contribution in [0, 0.1) is 0 Å². The summed E-state index contributed by atoms with van der Waals surface area (Å²) in [6.45, 7) is 2.95. The highest BCUT2D eigenvalue weighted by atomic mass is 35.5. The molecule has 7 nitrogen and oxygen atoms in total. The molecule has 0 bridgehead atoms. The average molecular weight is 462 g/mol. The van der Waals surface area contributed by atoms with Gasteiger partial charge >= 0.3 is 0 Å². The molecule has 0 spiro atoms. The maximum Gasteiger partial charge on any atom is 0.263 e. The molecule has 4 rings (SSSR count). The Kier molecular flexibility index (Phi) is 6.80. The zero-order valence-electron chi connectivity index (χ0n) is 16.9. The maximum absolute atomic E-state index is 12.5. The summed E-state index contributed by atoms with van der Waals surface area (Å²) in [5.74, 6) is 0.597. The van der Waals surface area contributed by atoms with Crippen LogP contribution < -0.4 is 9.46 Å². The van der Waals surface area contributed by atoms with E-state index < -0.39 is 10.0 Å². The Balaban J connectivity index is 1.30. The number of rotatable bonds is 8. The topological polar surface area (TPSA) is 84.7 Å². The highest BCUT2D eigenvalue weighted by molar-refractivity contribution is 7.92. The number of sulfonamides is 1. The second-order valence-corrected chi connectivity index (χ2v) is 9.57. The molecule has 2 aromatic carbocycles. The van der Waals surface area contributed by atoms with Gasteiger partial charge in [-0.15, -0.1) is 0 Å². The molecule has 2 heterocycles. The molecule has 1 aromatic heterocycles. The minimum absolute atomic E-state index is 0.0311. The summed E-state index contributed by atoms with van der Waals surface area (Å²) in [6, 6.07) is 16.4. The lowest BCUT2D eigenvalue weighted by molar-refractivity contribution is 0.101. The van der Waals surface area contributed by atoms with E-state index >= 15 is 0 Å². The zero-order valence-corrected chi connectivity index (χ0v) is 18.5. The van der Waals surface area contributed by atoms with Crippen molar-refractivity contribution in [1.29, 1.82) is 0 Å². The van der Waals surface area contributed by atoms with Crippen LogP contribution in [0.4, 0.5) is 5.82 Å². The summed E-state index contributed by atoms with van der Waals surface area (Å²) < 4.78 is 38.0. The van der Waals surface area contributed by atoms with E-state index in [1.807, 2.05) is 6.07 Å². The van der Waals surface area contributed by atoms with Crippen LogP contribution >= 0.6 is 11.6 Å². The van der Waals surface area contributed by atoms with Gasteiger partial charge in [0, 0.05) is 25.7 Å². The number of nitrogens with zero attached hydrogens (tertiary/aromatic N) is 2. The lowest BCUT2D eigenvalue weighted by atomic mass is 10.1. The Morgan fingerprint density at radius 1 is 1.13 bits per heavy atom. The highest BCUT2D eigenvalue weighted by Gasteiger charge is 2.22. The Bertz CT molecular complexity index is 1080. The summed E-state index contributed by atoms with van der Waals surface area (Å²) in [5.41, 5.74) is 1.35. The van der Waals surface area contributed by atoms with Crippen molar-refractivity contribution < 1.29 is 17.7 Å². The lowest BCUT2D eigenvalue weighted by Gasteiger charge is -2.32. The number of ether oxygens (including phenoxy) is 1. The van der Waals surface area contributed by atoms with Crippen molar-refractivity contribution in [3.63, 3.8) is 0 Å². The number of benzene rings is 2. The standard InChI is InChI=1S/C22H24ClN3O4S/c23-20-16-19(31(27,28)25-22-11-15-29-24-22)6-7-21(20)30-18-9-13-26(14-10-18)12-8-17-4-2-1-3-5-17/h1-7,11,15-16,18H,8-10,12-14H2,(H,24,25). The lowest BCUT2D eigenvalue weighted by Crippen LogP contribution is -2.39.